The minimum Gasteiger partial charge on any atom is -0.478 e. The van der Waals surface area contributed by atoms with Crippen LogP contribution in [0.1, 0.15) is 49.0 Å². The second-order valence-corrected chi connectivity index (χ2v) is 5.94. The molecule has 0 aromatic heterocycles. The maximum atomic E-state index is 10.8. The van der Waals surface area contributed by atoms with Gasteiger partial charge in [0.05, 0.1) is 5.56 Å². The number of hydrogen-bond donors (Lipinski definition) is 1. The standard InChI is InChI=1S/C16H23NO2/c1-3-16(2)8-10-17(11-9-16)12-13-4-6-14(7-5-13)15(18)19/h4-7H,3,8-12H2,1-2H3,(H,18,19). The Kier molecular flexibility index (Phi) is 4.25. The number of carboxylic acid groups (broad SMARTS) is 1. The molecular weight excluding hydrogens is 238 g/mol. The largest absolute Gasteiger partial charge is 0.478 e. The van der Waals surface area contributed by atoms with E-state index in [1.807, 2.05) is 12.1 Å². The molecule has 0 saturated carbocycles. The third kappa shape index (κ3) is 3.57. The molecular formula is C16H23NO2. The lowest BCUT2D eigenvalue weighted by Gasteiger charge is -2.39. The second-order valence-electron chi connectivity index (χ2n) is 5.94. The highest BCUT2D eigenvalue weighted by atomic mass is 16.4. The Morgan fingerprint density at radius 2 is 1.84 bits per heavy atom. The van der Waals surface area contributed by atoms with Gasteiger partial charge in [-0.05, 0) is 49.0 Å². The number of benzene rings is 1. The number of nitrogens with zero attached hydrogens (tertiary/aromatic N) is 1. The summed E-state index contributed by atoms with van der Waals surface area (Å²) in [6.07, 6.45) is 3.78. The van der Waals surface area contributed by atoms with Gasteiger partial charge in [-0.1, -0.05) is 32.4 Å². The minimum atomic E-state index is -0.858. The molecule has 1 aromatic rings. The van der Waals surface area contributed by atoms with Crippen LogP contribution in [-0.4, -0.2) is 29.1 Å². The van der Waals surface area contributed by atoms with Gasteiger partial charge in [-0.3, -0.25) is 4.90 Å². The molecule has 0 amide bonds. The highest BCUT2D eigenvalue weighted by Gasteiger charge is 2.27. The lowest BCUT2D eigenvalue weighted by atomic mass is 9.78. The van der Waals surface area contributed by atoms with E-state index in [1.165, 1.54) is 24.8 Å². The number of piperidine rings is 1. The highest BCUT2D eigenvalue weighted by molar-refractivity contribution is 5.87. The molecule has 0 bridgehead atoms. The zero-order valence-electron chi connectivity index (χ0n) is 11.9. The molecule has 0 spiro atoms. The van der Waals surface area contributed by atoms with E-state index >= 15 is 0 Å². The molecule has 0 unspecified atom stereocenters. The fourth-order valence-electron chi connectivity index (χ4n) is 2.62. The van der Waals surface area contributed by atoms with Crippen LogP contribution in [0.4, 0.5) is 0 Å². The molecule has 19 heavy (non-hydrogen) atoms. The van der Waals surface area contributed by atoms with E-state index in [4.69, 9.17) is 5.11 Å². The summed E-state index contributed by atoms with van der Waals surface area (Å²) in [5, 5.41) is 8.87. The summed E-state index contributed by atoms with van der Waals surface area (Å²) in [6.45, 7) is 7.88. The molecule has 1 aliphatic heterocycles. The van der Waals surface area contributed by atoms with Crippen LogP contribution in [0.3, 0.4) is 0 Å². The average molecular weight is 261 g/mol. The predicted octanol–water partition coefficient (Wildman–Crippen LogP) is 3.40. The van der Waals surface area contributed by atoms with Gasteiger partial charge < -0.3 is 5.11 Å². The Hall–Kier alpha value is -1.35. The lowest BCUT2D eigenvalue weighted by Crippen LogP contribution is -2.37. The lowest BCUT2D eigenvalue weighted by molar-refractivity contribution is 0.0696. The van der Waals surface area contributed by atoms with E-state index in [-0.39, 0.29) is 0 Å². The van der Waals surface area contributed by atoms with Gasteiger partial charge in [-0.2, -0.15) is 0 Å². The van der Waals surface area contributed by atoms with Gasteiger partial charge in [0.25, 0.3) is 0 Å². The molecule has 104 valence electrons. The quantitative estimate of drug-likeness (QED) is 0.903. The number of rotatable bonds is 4. The van der Waals surface area contributed by atoms with Gasteiger partial charge in [0, 0.05) is 6.54 Å². The van der Waals surface area contributed by atoms with Crippen LogP contribution < -0.4 is 0 Å². The number of carbonyl (C=O) groups is 1. The normalized spacial score (nSPS) is 19.3. The first-order chi connectivity index (χ1) is 9.02. The van der Waals surface area contributed by atoms with Gasteiger partial charge in [0.15, 0.2) is 0 Å². The van der Waals surface area contributed by atoms with Gasteiger partial charge in [-0.15, -0.1) is 0 Å². The topological polar surface area (TPSA) is 40.5 Å². The van der Waals surface area contributed by atoms with Crippen molar-refractivity contribution < 1.29 is 9.90 Å². The van der Waals surface area contributed by atoms with E-state index in [1.54, 1.807) is 12.1 Å². The zero-order valence-corrected chi connectivity index (χ0v) is 11.9. The molecule has 1 aliphatic rings. The average Bonchev–Trinajstić information content (AvgIpc) is 2.42. The van der Waals surface area contributed by atoms with Crippen molar-refractivity contribution in [2.75, 3.05) is 13.1 Å². The SMILES string of the molecule is CCC1(C)CCN(Cc2ccc(C(=O)O)cc2)CC1. The third-order valence-electron chi connectivity index (χ3n) is 4.52. The summed E-state index contributed by atoms with van der Waals surface area (Å²) in [5.41, 5.74) is 2.08. The summed E-state index contributed by atoms with van der Waals surface area (Å²) in [4.78, 5) is 13.3. The van der Waals surface area contributed by atoms with Crippen LogP contribution >= 0.6 is 0 Å². The van der Waals surface area contributed by atoms with Crippen molar-refractivity contribution >= 4 is 5.97 Å². The van der Waals surface area contributed by atoms with E-state index in [9.17, 15) is 4.79 Å². The Balaban J connectivity index is 1.90. The zero-order chi connectivity index (χ0) is 13.9. The summed E-state index contributed by atoms with van der Waals surface area (Å²) in [5.74, 6) is -0.858. The monoisotopic (exact) mass is 261 g/mol. The van der Waals surface area contributed by atoms with Gasteiger partial charge in [-0.25, -0.2) is 4.79 Å². The van der Waals surface area contributed by atoms with Gasteiger partial charge in [0.1, 0.15) is 0 Å². The molecule has 1 fully saturated rings. The van der Waals surface area contributed by atoms with Crippen LogP contribution in [0.5, 0.6) is 0 Å². The summed E-state index contributed by atoms with van der Waals surface area (Å²) < 4.78 is 0. The molecule has 0 atom stereocenters. The predicted molar refractivity (Wildman–Crippen MR) is 76.3 cm³/mol. The third-order valence-corrected chi connectivity index (χ3v) is 4.52. The Morgan fingerprint density at radius 3 is 2.32 bits per heavy atom. The first-order valence-corrected chi connectivity index (χ1v) is 7.07. The van der Waals surface area contributed by atoms with Crippen molar-refractivity contribution in [3.05, 3.63) is 35.4 Å². The van der Waals surface area contributed by atoms with E-state index < -0.39 is 5.97 Å². The van der Waals surface area contributed by atoms with Crippen molar-refractivity contribution in [1.82, 2.24) is 4.90 Å². The molecule has 3 heteroatoms. The van der Waals surface area contributed by atoms with Crippen molar-refractivity contribution in [2.24, 2.45) is 5.41 Å². The Bertz CT molecular complexity index is 431. The van der Waals surface area contributed by atoms with Crippen LogP contribution in [0.25, 0.3) is 0 Å². The van der Waals surface area contributed by atoms with Crippen LogP contribution in [0.2, 0.25) is 0 Å². The second kappa shape index (κ2) is 5.74. The van der Waals surface area contributed by atoms with Crippen LogP contribution in [0.15, 0.2) is 24.3 Å². The van der Waals surface area contributed by atoms with Crippen molar-refractivity contribution in [1.29, 1.82) is 0 Å². The summed E-state index contributed by atoms with van der Waals surface area (Å²) in [6, 6.07) is 7.24. The Labute approximate surface area is 115 Å². The smallest absolute Gasteiger partial charge is 0.335 e. The van der Waals surface area contributed by atoms with Gasteiger partial charge in [0.2, 0.25) is 0 Å². The van der Waals surface area contributed by atoms with E-state index in [2.05, 4.69) is 18.7 Å². The number of hydrogen-bond acceptors (Lipinski definition) is 2. The van der Waals surface area contributed by atoms with Crippen LogP contribution in [0, 0.1) is 5.41 Å². The molecule has 1 saturated heterocycles. The van der Waals surface area contributed by atoms with Crippen molar-refractivity contribution in [3.63, 3.8) is 0 Å². The van der Waals surface area contributed by atoms with E-state index in [0.717, 1.165) is 19.6 Å². The van der Waals surface area contributed by atoms with Crippen LogP contribution in [-0.2, 0) is 6.54 Å². The number of likely N-dealkylation sites (tertiary alicyclic amines) is 1. The fraction of sp³-hybridized carbons (Fsp3) is 0.562. The summed E-state index contributed by atoms with van der Waals surface area (Å²) in [7, 11) is 0. The molecule has 0 aliphatic carbocycles. The molecule has 2 rings (SSSR count). The maximum Gasteiger partial charge on any atom is 0.335 e. The van der Waals surface area contributed by atoms with Crippen molar-refractivity contribution in [2.45, 2.75) is 39.7 Å². The van der Waals surface area contributed by atoms with E-state index in [0.29, 0.717) is 11.0 Å². The molecule has 0 radical (unpaired) electrons. The van der Waals surface area contributed by atoms with Gasteiger partial charge >= 0.3 is 5.97 Å². The summed E-state index contributed by atoms with van der Waals surface area (Å²) >= 11 is 0. The maximum absolute atomic E-state index is 10.8. The highest BCUT2D eigenvalue weighted by Crippen LogP contribution is 2.34. The Morgan fingerprint density at radius 1 is 1.26 bits per heavy atom. The molecule has 3 nitrogen and oxygen atoms in total. The first-order valence-electron chi connectivity index (χ1n) is 7.07. The molecule has 1 aromatic carbocycles. The first kappa shape index (κ1) is 14.1. The van der Waals surface area contributed by atoms with Crippen molar-refractivity contribution in [3.8, 4) is 0 Å². The fourth-order valence-corrected chi connectivity index (χ4v) is 2.62. The minimum absolute atomic E-state index is 0.362. The number of aromatic carboxylic acids is 1. The molecule has 1 N–H and O–H groups in total. The molecule has 1 heterocycles. The number of carboxylic acids is 1.